The molecule has 1 aromatic heterocycles. The maximum atomic E-state index is 14.1. The van der Waals surface area contributed by atoms with Gasteiger partial charge in [0.2, 0.25) is 23.8 Å². The standard InChI is InChI=1S/C27H28O18/c28-6-13-15(32)17(34)20(37)27(43-13)44-23-16(33)14-11(41-22(23)7-1-2-9(30)10(31)3-7)4-8(29)5-12(14)42-26-21(38)18(35)19(36)24(45-26)25(39)40/h1-5,13,15,17-21,24,26-32,34-38H,6H2,(H,39,40)/t13-,15-,17+,18+,19+,20-,21-,24+,26-,27+/m1/s1. The normalized spacial score (nSPS) is 31.9. The summed E-state index contributed by atoms with van der Waals surface area (Å²) in [7, 11) is 0. The first-order chi connectivity index (χ1) is 21.2. The molecule has 0 saturated carbocycles. The van der Waals surface area contributed by atoms with E-state index in [4.69, 9.17) is 23.4 Å². The molecule has 0 aliphatic carbocycles. The van der Waals surface area contributed by atoms with Gasteiger partial charge in [-0.15, -0.1) is 0 Å². The van der Waals surface area contributed by atoms with Crippen molar-refractivity contribution in [3.8, 4) is 40.1 Å². The van der Waals surface area contributed by atoms with Gasteiger partial charge < -0.3 is 79.5 Å². The summed E-state index contributed by atoms with van der Waals surface area (Å²) in [6, 6.07) is 4.97. The van der Waals surface area contributed by atoms with Crippen LogP contribution in [-0.4, -0.2) is 130 Å². The minimum atomic E-state index is -2.08. The Kier molecular flexibility index (Phi) is 8.77. The second-order valence-electron chi connectivity index (χ2n) is 10.3. The summed E-state index contributed by atoms with van der Waals surface area (Å²) in [4.78, 5) is 25.6. The molecule has 2 saturated heterocycles. The number of phenolic OH excluding ortho intramolecular Hbond substituents is 3. The molecule has 0 spiro atoms. The van der Waals surface area contributed by atoms with Crippen molar-refractivity contribution >= 4 is 16.9 Å². The number of carboxylic acid groups (broad SMARTS) is 1. The van der Waals surface area contributed by atoms with Crippen LogP contribution in [0.25, 0.3) is 22.3 Å². The smallest absolute Gasteiger partial charge is 0.335 e. The first-order valence-electron chi connectivity index (χ1n) is 13.2. The topological polar surface area (TPSA) is 307 Å². The summed E-state index contributed by atoms with van der Waals surface area (Å²) >= 11 is 0. The van der Waals surface area contributed by atoms with Crippen LogP contribution in [0.4, 0.5) is 0 Å². The Morgan fingerprint density at radius 2 is 1.42 bits per heavy atom. The van der Waals surface area contributed by atoms with Crippen molar-refractivity contribution in [1.29, 1.82) is 0 Å². The van der Waals surface area contributed by atoms with Crippen LogP contribution in [0.3, 0.4) is 0 Å². The number of rotatable bonds is 7. The van der Waals surface area contributed by atoms with Crippen molar-refractivity contribution in [3.63, 3.8) is 0 Å². The van der Waals surface area contributed by atoms with E-state index in [9.17, 15) is 65.8 Å². The zero-order chi connectivity index (χ0) is 32.9. The van der Waals surface area contributed by atoms with Gasteiger partial charge in [0, 0.05) is 17.7 Å². The molecule has 3 heterocycles. The molecule has 0 amide bonds. The highest BCUT2D eigenvalue weighted by atomic mass is 16.7. The Morgan fingerprint density at radius 1 is 0.778 bits per heavy atom. The Morgan fingerprint density at radius 3 is 2.04 bits per heavy atom. The first kappa shape index (κ1) is 32.2. The van der Waals surface area contributed by atoms with Crippen molar-refractivity contribution in [3.05, 3.63) is 40.6 Å². The van der Waals surface area contributed by atoms with Crippen molar-refractivity contribution < 1.29 is 84.3 Å². The zero-order valence-corrected chi connectivity index (χ0v) is 22.6. The fourth-order valence-corrected chi connectivity index (χ4v) is 4.86. The number of hydrogen-bond donors (Lipinski definition) is 11. The number of hydrogen-bond acceptors (Lipinski definition) is 17. The number of aromatic hydroxyl groups is 3. The highest BCUT2D eigenvalue weighted by Crippen LogP contribution is 2.40. The molecular formula is C27H28O18. The van der Waals surface area contributed by atoms with Gasteiger partial charge in [0.25, 0.3) is 0 Å². The lowest BCUT2D eigenvalue weighted by Crippen LogP contribution is -2.61. The summed E-state index contributed by atoms with van der Waals surface area (Å²) < 4.78 is 27.4. The summed E-state index contributed by atoms with van der Waals surface area (Å²) in [5.74, 6) is -5.43. The van der Waals surface area contributed by atoms with E-state index in [0.29, 0.717) is 0 Å². The van der Waals surface area contributed by atoms with Gasteiger partial charge in [-0.25, -0.2) is 4.79 Å². The second kappa shape index (κ2) is 12.3. The molecule has 3 aromatic rings. The van der Waals surface area contributed by atoms with E-state index in [2.05, 4.69) is 0 Å². The molecule has 18 nitrogen and oxygen atoms in total. The maximum Gasteiger partial charge on any atom is 0.335 e. The van der Waals surface area contributed by atoms with Gasteiger partial charge >= 0.3 is 5.97 Å². The number of benzene rings is 2. The minimum Gasteiger partial charge on any atom is -0.508 e. The third kappa shape index (κ3) is 5.81. The van der Waals surface area contributed by atoms with E-state index < -0.39 is 125 Å². The first-order valence-corrected chi connectivity index (χ1v) is 13.2. The Balaban J connectivity index is 1.67. The molecule has 5 rings (SSSR count). The third-order valence-electron chi connectivity index (χ3n) is 7.28. The van der Waals surface area contributed by atoms with Crippen LogP contribution in [0, 0.1) is 0 Å². The largest absolute Gasteiger partial charge is 0.508 e. The number of ether oxygens (including phenoxy) is 4. The van der Waals surface area contributed by atoms with E-state index >= 15 is 0 Å². The van der Waals surface area contributed by atoms with Crippen LogP contribution in [0.5, 0.6) is 28.7 Å². The molecule has 2 aliphatic heterocycles. The van der Waals surface area contributed by atoms with Crippen LogP contribution in [-0.2, 0) is 14.3 Å². The molecule has 244 valence electrons. The van der Waals surface area contributed by atoms with Gasteiger partial charge in [0.15, 0.2) is 23.4 Å². The van der Waals surface area contributed by atoms with Crippen molar-refractivity contribution in [2.24, 2.45) is 0 Å². The van der Waals surface area contributed by atoms with E-state index in [-0.39, 0.29) is 5.56 Å². The number of aliphatic hydroxyl groups is 7. The van der Waals surface area contributed by atoms with Crippen molar-refractivity contribution in [2.75, 3.05) is 6.61 Å². The van der Waals surface area contributed by atoms with Crippen LogP contribution >= 0.6 is 0 Å². The molecule has 2 aromatic carbocycles. The van der Waals surface area contributed by atoms with Gasteiger partial charge in [0.05, 0.1) is 6.61 Å². The van der Waals surface area contributed by atoms with Gasteiger partial charge in [0.1, 0.15) is 65.2 Å². The maximum absolute atomic E-state index is 14.1. The Labute approximate surface area is 250 Å². The van der Waals surface area contributed by atoms with Crippen LogP contribution < -0.4 is 14.9 Å². The van der Waals surface area contributed by atoms with Gasteiger partial charge in [-0.2, -0.15) is 0 Å². The van der Waals surface area contributed by atoms with Crippen LogP contribution in [0.1, 0.15) is 0 Å². The van der Waals surface area contributed by atoms with Crippen molar-refractivity contribution in [1.82, 2.24) is 0 Å². The number of fused-ring (bicyclic) bond motifs is 1. The van der Waals surface area contributed by atoms with Gasteiger partial charge in [-0.1, -0.05) is 0 Å². The average Bonchev–Trinajstić information content (AvgIpc) is 2.99. The number of phenols is 3. The lowest BCUT2D eigenvalue weighted by molar-refractivity contribution is -0.277. The van der Waals surface area contributed by atoms with E-state index in [1.165, 1.54) is 6.07 Å². The Bertz CT molecular complexity index is 1640. The fourth-order valence-electron chi connectivity index (χ4n) is 4.86. The molecule has 0 radical (unpaired) electrons. The fraction of sp³-hybridized carbons (Fsp3) is 0.407. The number of aliphatic hydroxyl groups excluding tert-OH is 7. The Hall–Kier alpha value is -4.24. The molecule has 18 heteroatoms. The lowest BCUT2D eigenvalue weighted by Gasteiger charge is -2.39. The summed E-state index contributed by atoms with van der Waals surface area (Å²) in [5, 5.41) is 110. The summed E-state index contributed by atoms with van der Waals surface area (Å²) in [5.41, 5.74) is -1.69. The van der Waals surface area contributed by atoms with Crippen molar-refractivity contribution in [2.45, 2.75) is 61.4 Å². The van der Waals surface area contributed by atoms with Gasteiger partial charge in [-0.05, 0) is 18.2 Å². The minimum absolute atomic E-state index is 0.109. The highest BCUT2D eigenvalue weighted by molar-refractivity contribution is 5.88. The van der Waals surface area contributed by atoms with Crippen LogP contribution in [0.15, 0.2) is 39.5 Å². The van der Waals surface area contributed by atoms with E-state index in [1.807, 2.05) is 0 Å². The van der Waals surface area contributed by atoms with Gasteiger partial charge in [-0.3, -0.25) is 4.79 Å². The number of aliphatic carboxylic acids is 1. The summed E-state index contributed by atoms with van der Waals surface area (Å²) in [6.45, 7) is -0.839. The molecule has 2 aliphatic rings. The lowest BCUT2D eigenvalue weighted by atomic mass is 9.99. The third-order valence-corrected chi connectivity index (χ3v) is 7.28. The quantitative estimate of drug-likeness (QED) is 0.115. The molecule has 11 N–H and O–H groups in total. The van der Waals surface area contributed by atoms with E-state index in [0.717, 1.165) is 24.3 Å². The highest BCUT2D eigenvalue weighted by Gasteiger charge is 2.49. The zero-order valence-electron chi connectivity index (χ0n) is 22.6. The SMILES string of the molecule is O=C(O)[C@H]1O[C@@H](Oc2cc(O)cc3oc(-c4ccc(O)c(O)c4)c(O[C@@H]4O[C@H](CO)[C@@H](O)[C@H](O)[C@H]4O)c(=O)c23)[C@H](O)[C@@H](O)[C@@H]1O. The number of carbonyl (C=O) groups is 1. The molecule has 2 fully saturated rings. The molecule has 45 heavy (non-hydrogen) atoms. The predicted octanol–water partition coefficient (Wildman–Crippen LogP) is -2.97. The molecule has 0 bridgehead atoms. The molecular weight excluding hydrogens is 612 g/mol. The average molecular weight is 641 g/mol. The second-order valence-corrected chi connectivity index (χ2v) is 10.3. The molecule has 0 unspecified atom stereocenters. The predicted molar refractivity (Wildman–Crippen MR) is 142 cm³/mol. The molecule has 10 atom stereocenters. The van der Waals surface area contributed by atoms with E-state index in [1.54, 1.807) is 0 Å². The van der Waals surface area contributed by atoms with Crippen LogP contribution in [0.2, 0.25) is 0 Å². The number of carboxylic acids is 1. The monoisotopic (exact) mass is 640 g/mol. The summed E-state index contributed by atoms with van der Waals surface area (Å²) in [6.07, 6.45) is -19.4.